The van der Waals surface area contributed by atoms with Crippen molar-refractivity contribution in [2.75, 3.05) is 5.01 Å². The molecule has 0 bridgehead atoms. The van der Waals surface area contributed by atoms with Crippen LogP contribution in [-0.4, -0.2) is 28.4 Å². The molecule has 1 aromatic carbocycles. The summed E-state index contributed by atoms with van der Waals surface area (Å²) in [6.07, 6.45) is 0.700. The molecule has 2 N–H and O–H groups in total. The van der Waals surface area contributed by atoms with E-state index >= 15 is 0 Å². The van der Waals surface area contributed by atoms with E-state index < -0.39 is 58.8 Å². The highest BCUT2D eigenvalue weighted by Crippen LogP contribution is 2.30. The first-order valence-corrected chi connectivity index (χ1v) is 8.04. The molecule has 29 heavy (non-hydrogen) atoms. The molecular formula is C17H11F4N5O3. The van der Waals surface area contributed by atoms with Gasteiger partial charge in [0.2, 0.25) is 5.91 Å². The Morgan fingerprint density at radius 1 is 0.966 bits per heavy atom. The summed E-state index contributed by atoms with van der Waals surface area (Å²) >= 11 is 0. The topological polar surface area (TPSA) is 104 Å². The zero-order valence-electron chi connectivity index (χ0n) is 14.4. The lowest BCUT2D eigenvalue weighted by molar-refractivity contribution is -0.119. The molecule has 150 valence electrons. The number of hydrazine groups is 1. The fourth-order valence-electron chi connectivity index (χ4n) is 2.38. The standard InChI is InChI=1S/C17H11F4N5O3/c18-8-7-9(19)14(21)15(13(8)20)26-12(27)5-4-11(25-26)17(29)24-23-16(28)10-3-1-2-6-22-10/h1-3,6-7H,4-5H2,(H,23,28)(H,24,29). The Labute approximate surface area is 160 Å². The maximum absolute atomic E-state index is 14.0. The van der Waals surface area contributed by atoms with Gasteiger partial charge in [-0.15, -0.1) is 0 Å². The van der Waals surface area contributed by atoms with Gasteiger partial charge in [0.05, 0.1) is 0 Å². The maximum Gasteiger partial charge on any atom is 0.288 e. The number of amides is 3. The molecule has 12 heteroatoms. The molecule has 2 aromatic rings. The second-order valence-corrected chi connectivity index (χ2v) is 5.69. The van der Waals surface area contributed by atoms with Crippen LogP contribution in [0.1, 0.15) is 23.3 Å². The normalized spacial score (nSPS) is 13.7. The number of hydrazone groups is 1. The van der Waals surface area contributed by atoms with Crippen molar-refractivity contribution in [3.8, 4) is 0 Å². The van der Waals surface area contributed by atoms with Gasteiger partial charge in [-0.2, -0.15) is 10.1 Å². The minimum atomic E-state index is -1.84. The van der Waals surface area contributed by atoms with Crippen LogP contribution in [0.3, 0.4) is 0 Å². The first-order chi connectivity index (χ1) is 13.8. The summed E-state index contributed by atoms with van der Waals surface area (Å²) in [4.78, 5) is 39.8. The molecule has 0 saturated carbocycles. The molecule has 1 aliphatic rings. The monoisotopic (exact) mass is 409 g/mol. The molecule has 3 rings (SSSR count). The summed E-state index contributed by atoms with van der Waals surface area (Å²) in [6, 6.07) is 4.47. The number of anilines is 1. The van der Waals surface area contributed by atoms with Gasteiger partial charge in [-0.1, -0.05) is 6.07 Å². The van der Waals surface area contributed by atoms with Crippen LogP contribution in [0.2, 0.25) is 0 Å². The van der Waals surface area contributed by atoms with Gasteiger partial charge in [-0.3, -0.25) is 30.2 Å². The molecule has 0 radical (unpaired) electrons. The molecule has 1 aliphatic heterocycles. The van der Waals surface area contributed by atoms with Crippen molar-refractivity contribution in [2.24, 2.45) is 5.10 Å². The number of nitrogens with one attached hydrogen (secondary N) is 2. The molecule has 0 aliphatic carbocycles. The number of hydrogen-bond donors (Lipinski definition) is 2. The summed E-state index contributed by atoms with van der Waals surface area (Å²) < 4.78 is 54.8. The van der Waals surface area contributed by atoms with Gasteiger partial charge in [0, 0.05) is 25.1 Å². The summed E-state index contributed by atoms with van der Waals surface area (Å²) in [5.41, 5.74) is 2.26. The lowest BCUT2D eigenvalue weighted by Gasteiger charge is -2.24. The van der Waals surface area contributed by atoms with E-state index in [1.807, 2.05) is 10.9 Å². The molecule has 0 atom stereocenters. The van der Waals surface area contributed by atoms with E-state index in [0.29, 0.717) is 0 Å². The largest absolute Gasteiger partial charge is 0.288 e. The highest BCUT2D eigenvalue weighted by Gasteiger charge is 2.32. The number of carbonyl (C=O) groups is 3. The van der Waals surface area contributed by atoms with Gasteiger partial charge in [0.15, 0.2) is 23.3 Å². The SMILES string of the molecule is O=C(NNC(=O)c1ccccn1)C1=NN(c2c(F)c(F)cc(F)c2F)C(=O)CC1. The van der Waals surface area contributed by atoms with Gasteiger partial charge >= 0.3 is 0 Å². The molecule has 1 aromatic heterocycles. The van der Waals surface area contributed by atoms with Crippen LogP contribution in [0.25, 0.3) is 0 Å². The Bertz CT molecular complexity index is 1000. The minimum absolute atomic E-state index is 0.00503. The molecule has 0 fully saturated rings. The quantitative estimate of drug-likeness (QED) is 0.456. The van der Waals surface area contributed by atoms with Crippen LogP contribution in [0.15, 0.2) is 35.6 Å². The number of pyridine rings is 1. The van der Waals surface area contributed by atoms with Crippen molar-refractivity contribution in [1.29, 1.82) is 0 Å². The smallest absolute Gasteiger partial charge is 0.273 e. The molecule has 0 spiro atoms. The molecule has 2 heterocycles. The van der Waals surface area contributed by atoms with E-state index in [2.05, 4.69) is 10.1 Å². The Kier molecular flexibility index (Phi) is 5.52. The molecular weight excluding hydrogens is 398 g/mol. The van der Waals surface area contributed by atoms with Crippen LogP contribution in [0.5, 0.6) is 0 Å². The van der Waals surface area contributed by atoms with E-state index in [1.54, 1.807) is 12.1 Å². The van der Waals surface area contributed by atoms with Crippen molar-refractivity contribution < 1.29 is 31.9 Å². The Morgan fingerprint density at radius 3 is 2.24 bits per heavy atom. The molecule has 8 nitrogen and oxygen atoms in total. The van der Waals surface area contributed by atoms with Crippen LogP contribution in [0, 0.1) is 23.3 Å². The van der Waals surface area contributed by atoms with Crippen molar-refractivity contribution in [2.45, 2.75) is 12.8 Å². The lowest BCUT2D eigenvalue weighted by Crippen LogP contribution is -2.47. The predicted octanol–water partition coefficient (Wildman–Crippen LogP) is 1.58. The minimum Gasteiger partial charge on any atom is -0.273 e. The van der Waals surface area contributed by atoms with Crippen molar-refractivity contribution in [3.05, 3.63) is 59.4 Å². The van der Waals surface area contributed by atoms with E-state index in [-0.39, 0.29) is 23.2 Å². The van der Waals surface area contributed by atoms with Crippen LogP contribution in [0.4, 0.5) is 23.2 Å². The highest BCUT2D eigenvalue weighted by atomic mass is 19.2. The average Bonchev–Trinajstić information content (AvgIpc) is 2.72. The third-order valence-electron chi connectivity index (χ3n) is 3.78. The average molecular weight is 409 g/mol. The van der Waals surface area contributed by atoms with Gasteiger partial charge in [-0.25, -0.2) is 17.6 Å². The van der Waals surface area contributed by atoms with E-state index in [4.69, 9.17) is 0 Å². The first-order valence-electron chi connectivity index (χ1n) is 8.04. The summed E-state index contributed by atoms with van der Waals surface area (Å²) in [7, 11) is 0. The summed E-state index contributed by atoms with van der Waals surface area (Å²) in [5.74, 6) is -9.89. The zero-order chi connectivity index (χ0) is 21.1. The number of hydrogen-bond acceptors (Lipinski definition) is 5. The maximum atomic E-state index is 14.0. The zero-order valence-corrected chi connectivity index (χ0v) is 14.4. The van der Waals surface area contributed by atoms with Gasteiger partial charge < -0.3 is 0 Å². The Morgan fingerprint density at radius 2 is 1.62 bits per heavy atom. The molecule has 0 saturated heterocycles. The fourth-order valence-corrected chi connectivity index (χ4v) is 2.38. The van der Waals surface area contributed by atoms with E-state index in [0.717, 1.165) is 0 Å². The number of aromatic nitrogens is 1. The Hall–Kier alpha value is -3.83. The van der Waals surface area contributed by atoms with Gasteiger partial charge in [-0.05, 0) is 12.1 Å². The Balaban J connectivity index is 1.81. The first kappa shape index (κ1) is 19.9. The third-order valence-corrected chi connectivity index (χ3v) is 3.78. The second-order valence-electron chi connectivity index (χ2n) is 5.69. The predicted molar refractivity (Wildman–Crippen MR) is 90.3 cm³/mol. The van der Waals surface area contributed by atoms with Crippen molar-refractivity contribution >= 4 is 29.1 Å². The second kappa shape index (κ2) is 8.04. The lowest BCUT2D eigenvalue weighted by atomic mass is 10.1. The van der Waals surface area contributed by atoms with Crippen LogP contribution in [-0.2, 0) is 9.59 Å². The van der Waals surface area contributed by atoms with Crippen LogP contribution < -0.4 is 15.9 Å². The summed E-state index contributed by atoms with van der Waals surface area (Å²) in [5, 5.41) is 3.57. The number of nitrogens with zero attached hydrogens (tertiary/aromatic N) is 3. The van der Waals surface area contributed by atoms with E-state index in [1.165, 1.54) is 12.3 Å². The van der Waals surface area contributed by atoms with Crippen molar-refractivity contribution in [1.82, 2.24) is 15.8 Å². The van der Waals surface area contributed by atoms with Crippen LogP contribution >= 0.6 is 0 Å². The fraction of sp³-hybridized carbons (Fsp3) is 0.118. The number of rotatable bonds is 3. The van der Waals surface area contributed by atoms with Gasteiger partial charge in [0.25, 0.3) is 11.8 Å². The van der Waals surface area contributed by atoms with Crippen molar-refractivity contribution in [3.63, 3.8) is 0 Å². The number of halogens is 4. The number of benzene rings is 1. The third kappa shape index (κ3) is 4.05. The highest BCUT2D eigenvalue weighted by molar-refractivity contribution is 6.40. The van der Waals surface area contributed by atoms with Gasteiger partial charge in [0.1, 0.15) is 17.1 Å². The van der Waals surface area contributed by atoms with E-state index in [9.17, 15) is 31.9 Å². The molecule has 3 amide bonds. The summed E-state index contributed by atoms with van der Waals surface area (Å²) in [6.45, 7) is 0. The number of carbonyl (C=O) groups excluding carboxylic acids is 3. The molecule has 0 unspecified atom stereocenters.